The van der Waals surface area contributed by atoms with E-state index >= 15 is 0 Å². The second-order valence-electron chi connectivity index (χ2n) is 12.2. The first kappa shape index (κ1) is 28.6. The van der Waals surface area contributed by atoms with Crippen molar-refractivity contribution >= 4 is 76.2 Å². The van der Waals surface area contributed by atoms with Crippen LogP contribution in [-0.4, -0.2) is 12.1 Å². The minimum atomic E-state index is -3.61. The summed E-state index contributed by atoms with van der Waals surface area (Å²) >= 11 is -2.23. The van der Waals surface area contributed by atoms with Crippen LogP contribution in [0.3, 0.4) is 0 Å². The fraction of sp³-hybridized carbons (Fsp3) is 0.143. The zero-order valence-corrected chi connectivity index (χ0v) is 29.7. The molecule has 2 aliphatic rings. The molecule has 4 heteroatoms. The molecule has 0 amide bonds. The van der Waals surface area contributed by atoms with Gasteiger partial charge in [-0.15, -0.1) is 24.8 Å². The van der Waals surface area contributed by atoms with Gasteiger partial charge in [-0.05, 0) is 0 Å². The molecule has 2 atom stereocenters. The van der Waals surface area contributed by atoms with E-state index in [4.69, 9.17) is 0 Å². The van der Waals surface area contributed by atoms with Crippen LogP contribution in [0.1, 0.15) is 42.0 Å². The molecule has 39 heavy (non-hydrogen) atoms. The molecular formula is C35H34Cl2GeZr. The Labute approximate surface area is 249 Å². The van der Waals surface area contributed by atoms with Crippen molar-refractivity contribution in [2.24, 2.45) is 0 Å². The maximum Gasteiger partial charge on any atom is -0.147 e. The molecule has 0 bridgehead atoms. The first-order valence-corrected chi connectivity index (χ1v) is 31.6. The number of hydrogen-bond acceptors (Lipinski definition) is 0. The van der Waals surface area contributed by atoms with Crippen LogP contribution in [0.2, 0.25) is 9.26 Å². The SMILES string of the molecule is CC1=Cc2ccc3ccccc3c2[CH]1[Zr]([CH3])([CH3])(=[GeH2])[CH]1C(c2ccccc2)=Cc2ccc3ccccc3c21.Cl.Cl. The van der Waals surface area contributed by atoms with E-state index in [1.807, 2.05) is 0 Å². The van der Waals surface area contributed by atoms with Crippen molar-refractivity contribution in [3.8, 4) is 0 Å². The zero-order chi connectivity index (χ0) is 25.4. The van der Waals surface area contributed by atoms with Crippen molar-refractivity contribution in [2.45, 2.75) is 23.4 Å². The van der Waals surface area contributed by atoms with E-state index in [9.17, 15) is 0 Å². The van der Waals surface area contributed by atoms with Crippen LogP contribution in [0.5, 0.6) is 0 Å². The number of allylic oxidation sites excluding steroid dienone is 2. The third-order valence-corrected chi connectivity index (χ3v) is 31.8. The third kappa shape index (κ3) is 4.36. The molecule has 5 aromatic carbocycles. The van der Waals surface area contributed by atoms with Gasteiger partial charge in [-0.1, -0.05) is 0 Å². The molecule has 2 aliphatic carbocycles. The predicted octanol–water partition coefficient (Wildman–Crippen LogP) is 9.92. The molecule has 5 aromatic rings. The van der Waals surface area contributed by atoms with Crippen molar-refractivity contribution < 1.29 is 15.7 Å². The summed E-state index contributed by atoms with van der Waals surface area (Å²) in [7, 11) is 0. The summed E-state index contributed by atoms with van der Waals surface area (Å²) in [4.78, 5) is 0. The molecule has 0 fully saturated rings. The average molecular weight is 689 g/mol. The standard InChI is InChI=1S/C19H13.C14H11.2CH3.2ClH.GeH2.Zr/c1-2-6-14(7-3-1)17-12-16-11-10-15-8-4-5-9-18(15)19(16)13-17;1-10-8-12-7-6-11-4-2-3-5-13(11)14(12)9-10;;;;;;/h1-13H;2-9H,1H3;2*1H3;2*1H;1H2;. The van der Waals surface area contributed by atoms with E-state index < -0.39 is 15.7 Å². The quantitative estimate of drug-likeness (QED) is 0.166. The smallest absolute Gasteiger partial charge is 0.147 e. The van der Waals surface area contributed by atoms with E-state index in [0.717, 1.165) is 0 Å². The molecular weight excluding hydrogens is 655 g/mol. The Bertz CT molecular complexity index is 1880. The molecule has 0 aliphatic heterocycles. The number of benzene rings is 5. The van der Waals surface area contributed by atoms with Crippen molar-refractivity contribution in [1.29, 1.82) is 0 Å². The molecule has 0 spiro atoms. The van der Waals surface area contributed by atoms with Crippen LogP contribution in [0.4, 0.5) is 0 Å². The molecule has 7 rings (SSSR count). The monoisotopic (exact) mass is 688 g/mol. The van der Waals surface area contributed by atoms with E-state index in [-0.39, 0.29) is 24.8 Å². The van der Waals surface area contributed by atoms with Crippen LogP contribution < -0.4 is 0 Å². The molecule has 2 unspecified atom stereocenters. The number of halogens is 2. The largest absolute Gasteiger partial charge is 0.147 e. The maximum atomic E-state index is 2.79. The van der Waals surface area contributed by atoms with Gasteiger partial charge in [0.1, 0.15) is 0 Å². The summed E-state index contributed by atoms with van der Waals surface area (Å²) in [5.41, 5.74) is 10.6. The Morgan fingerprint density at radius 3 is 1.64 bits per heavy atom. The summed E-state index contributed by atoms with van der Waals surface area (Å²) in [5.74, 6) is 0. The van der Waals surface area contributed by atoms with Crippen LogP contribution in [0.15, 0.2) is 109 Å². The Morgan fingerprint density at radius 1 is 0.564 bits per heavy atom. The number of hydrogen-bond donors (Lipinski definition) is 0. The molecule has 196 valence electrons. The van der Waals surface area contributed by atoms with Gasteiger partial charge < -0.3 is 0 Å². The second-order valence-corrected chi connectivity index (χ2v) is 57.2. The minimum absolute atomic E-state index is 0. The van der Waals surface area contributed by atoms with Gasteiger partial charge in [0.15, 0.2) is 0 Å². The zero-order valence-electron chi connectivity index (χ0n) is 22.6. The number of rotatable bonds is 3. The Morgan fingerprint density at radius 2 is 1.05 bits per heavy atom. The summed E-state index contributed by atoms with van der Waals surface area (Å²) in [6.07, 6.45) is 5.04. The Hall–Kier alpha value is -1.89. The summed E-state index contributed by atoms with van der Waals surface area (Å²) < 4.78 is 6.62. The first-order chi connectivity index (χ1) is 17.8. The summed E-state index contributed by atoms with van der Waals surface area (Å²) in [6.45, 7) is 2.42. The topological polar surface area (TPSA) is 0 Å². The average Bonchev–Trinajstić information content (AvgIpc) is 3.48. The fourth-order valence-corrected chi connectivity index (χ4v) is 33.6. The van der Waals surface area contributed by atoms with Gasteiger partial charge in [0.05, 0.1) is 0 Å². The molecule has 0 radical (unpaired) electrons. The van der Waals surface area contributed by atoms with Gasteiger partial charge >= 0.3 is 227 Å². The summed E-state index contributed by atoms with van der Waals surface area (Å²) in [6, 6.07) is 38.7. The molecule has 0 N–H and O–H groups in total. The normalized spacial score (nSPS) is 18.1. The van der Waals surface area contributed by atoms with Crippen LogP contribution in [-0.2, 0) is 15.7 Å². The van der Waals surface area contributed by atoms with Gasteiger partial charge in [-0.25, -0.2) is 0 Å². The van der Waals surface area contributed by atoms with E-state index in [0.29, 0.717) is 7.25 Å². The van der Waals surface area contributed by atoms with Crippen molar-refractivity contribution in [1.82, 2.24) is 0 Å². The minimum Gasteiger partial charge on any atom is -0.147 e. The van der Waals surface area contributed by atoms with Crippen LogP contribution in [0.25, 0.3) is 39.3 Å². The van der Waals surface area contributed by atoms with Gasteiger partial charge in [0, 0.05) is 0 Å². The van der Waals surface area contributed by atoms with Crippen molar-refractivity contribution in [3.05, 3.63) is 137 Å². The summed E-state index contributed by atoms with van der Waals surface area (Å²) in [5, 5.41) is 5.64. The van der Waals surface area contributed by atoms with Crippen molar-refractivity contribution in [3.63, 3.8) is 0 Å². The second kappa shape index (κ2) is 10.2. The van der Waals surface area contributed by atoms with E-state index in [2.05, 4.69) is 131 Å². The molecule has 0 heterocycles. The molecule has 0 aromatic heterocycles. The molecule has 0 nitrogen and oxygen atoms in total. The first-order valence-electron chi connectivity index (χ1n) is 13.4. The third-order valence-electron chi connectivity index (χ3n) is 9.05. The maximum absolute atomic E-state index is 3.61. The molecule has 0 saturated heterocycles. The van der Waals surface area contributed by atoms with E-state index in [1.165, 1.54) is 50.4 Å². The van der Waals surface area contributed by atoms with Gasteiger partial charge in [0.25, 0.3) is 0 Å². The number of fused-ring (bicyclic) bond motifs is 6. The van der Waals surface area contributed by atoms with Gasteiger partial charge in [-0.3, -0.25) is 0 Å². The van der Waals surface area contributed by atoms with Crippen molar-refractivity contribution in [2.75, 3.05) is 0 Å². The van der Waals surface area contributed by atoms with Crippen LogP contribution >= 0.6 is 24.8 Å². The Kier molecular flexibility index (Phi) is 7.47. The van der Waals surface area contributed by atoms with Crippen LogP contribution in [0, 0.1) is 0 Å². The Balaban J connectivity index is 0.00000154. The predicted molar refractivity (Wildman–Crippen MR) is 176 cm³/mol. The van der Waals surface area contributed by atoms with Gasteiger partial charge in [-0.2, -0.15) is 0 Å². The fourth-order valence-electron chi connectivity index (χ4n) is 7.74. The van der Waals surface area contributed by atoms with Gasteiger partial charge in [0.2, 0.25) is 0 Å². The van der Waals surface area contributed by atoms with E-state index in [1.54, 1.807) is 22.3 Å². The molecule has 0 saturated carbocycles.